The second-order valence-electron chi connectivity index (χ2n) is 7.28. The molecule has 4 rings (SSSR count). The van der Waals surface area contributed by atoms with E-state index in [2.05, 4.69) is 15.6 Å². The molecule has 0 saturated heterocycles. The highest BCUT2D eigenvalue weighted by Crippen LogP contribution is 2.29. The van der Waals surface area contributed by atoms with E-state index in [4.69, 9.17) is 11.6 Å². The first-order chi connectivity index (χ1) is 15.5. The van der Waals surface area contributed by atoms with Gasteiger partial charge in [-0.25, -0.2) is 0 Å². The SMILES string of the molecule is CCC(Sc1cccc(NC(=O)c2cccc(Cl)c2)c1)C(=O)Nc1ccc2cc[nH]c2c1. The van der Waals surface area contributed by atoms with E-state index in [1.54, 1.807) is 24.3 Å². The number of anilines is 2. The third-order valence-corrected chi connectivity index (χ3v) is 6.54. The Morgan fingerprint density at radius 3 is 2.59 bits per heavy atom. The maximum Gasteiger partial charge on any atom is 0.255 e. The van der Waals surface area contributed by atoms with E-state index in [1.807, 2.05) is 61.7 Å². The molecular formula is C25H22ClN3O2S. The van der Waals surface area contributed by atoms with Crippen LogP contribution in [-0.2, 0) is 4.79 Å². The standard InChI is InChI=1S/C25H22ClN3O2S/c1-2-23(25(31)29-20-10-9-16-11-12-27-22(16)15-20)32-21-8-4-7-19(14-21)28-24(30)17-5-3-6-18(26)13-17/h3-15,23,27H,2H2,1H3,(H,28,30)(H,29,31). The Bertz CT molecular complexity index is 1270. The number of aromatic nitrogens is 1. The van der Waals surface area contributed by atoms with E-state index < -0.39 is 0 Å². The third-order valence-electron chi connectivity index (χ3n) is 4.94. The number of H-pyrrole nitrogens is 1. The van der Waals surface area contributed by atoms with Crippen LogP contribution in [0.3, 0.4) is 0 Å². The summed E-state index contributed by atoms with van der Waals surface area (Å²) in [6.45, 7) is 1.98. The number of hydrogen-bond donors (Lipinski definition) is 3. The molecule has 3 aromatic carbocycles. The van der Waals surface area contributed by atoms with Gasteiger partial charge in [0.05, 0.1) is 5.25 Å². The van der Waals surface area contributed by atoms with E-state index in [0.717, 1.165) is 21.5 Å². The predicted octanol–water partition coefficient (Wildman–Crippen LogP) is 6.58. The molecule has 4 aromatic rings. The van der Waals surface area contributed by atoms with Crippen molar-refractivity contribution in [3.63, 3.8) is 0 Å². The van der Waals surface area contributed by atoms with E-state index in [1.165, 1.54) is 11.8 Å². The van der Waals surface area contributed by atoms with Crippen LogP contribution >= 0.6 is 23.4 Å². The van der Waals surface area contributed by atoms with Crippen molar-refractivity contribution < 1.29 is 9.59 Å². The van der Waals surface area contributed by atoms with Crippen LogP contribution in [0.2, 0.25) is 5.02 Å². The van der Waals surface area contributed by atoms with Gasteiger partial charge in [-0.05, 0) is 66.4 Å². The number of thioether (sulfide) groups is 1. The molecule has 162 valence electrons. The molecule has 0 aliphatic heterocycles. The van der Waals surface area contributed by atoms with Crippen molar-refractivity contribution in [2.45, 2.75) is 23.5 Å². The molecule has 32 heavy (non-hydrogen) atoms. The Balaban J connectivity index is 1.42. The van der Waals surface area contributed by atoms with Crippen LogP contribution in [0.4, 0.5) is 11.4 Å². The molecule has 1 heterocycles. The van der Waals surface area contributed by atoms with Crippen LogP contribution in [0.5, 0.6) is 0 Å². The fourth-order valence-corrected chi connectivity index (χ4v) is 4.52. The van der Waals surface area contributed by atoms with Crippen molar-refractivity contribution in [1.29, 1.82) is 0 Å². The fraction of sp³-hybridized carbons (Fsp3) is 0.120. The van der Waals surface area contributed by atoms with Crippen LogP contribution in [0, 0.1) is 0 Å². The summed E-state index contributed by atoms with van der Waals surface area (Å²) in [5.41, 5.74) is 2.88. The number of carbonyl (C=O) groups is 2. The van der Waals surface area contributed by atoms with Gasteiger partial charge in [-0.2, -0.15) is 0 Å². The average Bonchev–Trinajstić information content (AvgIpc) is 3.25. The van der Waals surface area contributed by atoms with Crippen LogP contribution < -0.4 is 10.6 Å². The number of hydrogen-bond acceptors (Lipinski definition) is 3. The Morgan fingerprint density at radius 1 is 0.969 bits per heavy atom. The summed E-state index contributed by atoms with van der Waals surface area (Å²) in [7, 11) is 0. The van der Waals surface area contributed by atoms with Gasteiger partial charge in [-0.15, -0.1) is 11.8 Å². The minimum atomic E-state index is -0.270. The quantitative estimate of drug-likeness (QED) is 0.271. The van der Waals surface area contributed by atoms with Gasteiger partial charge < -0.3 is 15.6 Å². The second kappa shape index (κ2) is 9.94. The highest BCUT2D eigenvalue weighted by atomic mass is 35.5. The Kier molecular flexibility index (Phi) is 6.83. The Hall–Kier alpha value is -3.22. The molecule has 0 bridgehead atoms. The highest BCUT2D eigenvalue weighted by molar-refractivity contribution is 8.00. The zero-order valence-corrected chi connectivity index (χ0v) is 19.0. The molecule has 3 N–H and O–H groups in total. The molecule has 7 heteroatoms. The van der Waals surface area contributed by atoms with Gasteiger partial charge in [0.2, 0.25) is 5.91 Å². The number of benzene rings is 3. The molecule has 0 fully saturated rings. The molecule has 0 saturated carbocycles. The summed E-state index contributed by atoms with van der Waals surface area (Å²) < 4.78 is 0. The summed E-state index contributed by atoms with van der Waals surface area (Å²) in [5.74, 6) is -0.295. The minimum absolute atomic E-state index is 0.0585. The fourth-order valence-electron chi connectivity index (χ4n) is 3.32. The van der Waals surface area contributed by atoms with Crippen molar-refractivity contribution >= 4 is 57.5 Å². The van der Waals surface area contributed by atoms with Crippen molar-refractivity contribution in [3.8, 4) is 0 Å². The lowest BCUT2D eigenvalue weighted by atomic mass is 10.2. The number of fused-ring (bicyclic) bond motifs is 1. The topological polar surface area (TPSA) is 74.0 Å². The molecule has 0 aliphatic rings. The minimum Gasteiger partial charge on any atom is -0.361 e. The van der Waals surface area contributed by atoms with Gasteiger partial charge in [0.25, 0.3) is 5.91 Å². The average molecular weight is 464 g/mol. The third kappa shape index (κ3) is 5.33. The van der Waals surface area contributed by atoms with Gasteiger partial charge in [0, 0.05) is 38.6 Å². The molecule has 2 amide bonds. The van der Waals surface area contributed by atoms with E-state index in [9.17, 15) is 9.59 Å². The van der Waals surface area contributed by atoms with Crippen molar-refractivity contribution in [2.24, 2.45) is 0 Å². The van der Waals surface area contributed by atoms with E-state index in [0.29, 0.717) is 22.7 Å². The number of aromatic amines is 1. The smallest absolute Gasteiger partial charge is 0.255 e. The molecule has 0 radical (unpaired) electrons. The van der Waals surface area contributed by atoms with Gasteiger partial charge >= 0.3 is 0 Å². The maximum absolute atomic E-state index is 12.9. The summed E-state index contributed by atoms with van der Waals surface area (Å²) in [5, 5.41) is 7.23. The van der Waals surface area contributed by atoms with Crippen LogP contribution in [0.1, 0.15) is 23.7 Å². The predicted molar refractivity (Wildman–Crippen MR) is 133 cm³/mol. The van der Waals surface area contributed by atoms with Crippen molar-refractivity contribution in [1.82, 2.24) is 4.98 Å². The summed E-state index contributed by atoms with van der Waals surface area (Å²) in [6.07, 6.45) is 2.54. The van der Waals surface area contributed by atoms with Gasteiger partial charge in [-0.1, -0.05) is 36.7 Å². The number of amides is 2. The Labute approximate surface area is 195 Å². The molecule has 1 aromatic heterocycles. The van der Waals surface area contributed by atoms with E-state index in [-0.39, 0.29) is 17.1 Å². The highest BCUT2D eigenvalue weighted by Gasteiger charge is 2.19. The maximum atomic E-state index is 12.9. The first kappa shape index (κ1) is 22.0. The van der Waals surface area contributed by atoms with Gasteiger partial charge in [0.15, 0.2) is 0 Å². The normalized spacial score (nSPS) is 11.8. The molecule has 5 nitrogen and oxygen atoms in total. The van der Waals surface area contributed by atoms with Crippen LogP contribution in [-0.4, -0.2) is 22.0 Å². The molecule has 0 aliphatic carbocycles. The van der Waals surface area contributed by atoms with Gasteiger partial charge in [-0.3, -0.25) is 9.59 Å². The lowest BCUT2D eigenvalue weighted by Crippen LogP contribution is -2.24. The molecule has 1 atom stereocenters. The second-order valence-corrected chi connectivity index (χ2v) is 8.99. The van der Waals surface area contributed by atoms with Crippen molar-refractivity contribution in [2.75, 3.05) is 10.6 Å². The lowest BCUT2D eigenvalue weighted by molar-refractivity contribution is -0.115. The molecule has 0 spiro atoms. The molecular weight excluding hydrogens is 442 g/mol. The number of carbonyl (C=O) groups excluding carboxylic acids is 2. The number of halogens is 1. The van der Waals surface area contributed by atoms with Crippen LogP contribution in [0.25, 0.3) is 10.9 Å². The zero-order valence-electron chi connectivity index (χ0n) is 17.4. The summed E-state index contributed by atoms with van der Waals surface area (Å²) in [6, 6.07) is 22.1. The molecule has 1 unspecified atom stereocenters. The van der Waals surface area contributed by atoms with E-state index >= 15 is 0 Å². The first-order valence-corrected chi connectivity index (χ1v) is 11.5. The lowest BCUT2D eigenvalue weighted by Gasteiger charge is -2.15. The summed E-state index contributed by atoms with van der Waals surface area (Å²) in [4.78, 5) is 29.4. The number of nitrogens with one attached hydrogen (secondary N) is 3. The van der Waals surface area contributed by atoms with Crippen LogP contribution in [0.15, 0.2) is 83.9 Å². The van der Waals surface area contributed by atoms with Gasteiger partial charge in [0.1, 0.15) is 0 Å². The number of rotatable bonds is 7. The zero-order chi connectivity index (χ0) is 22.5. The monoisotopic (exact) mass is 463 g/mol. The Morgan fingerprint density at radius 2 is 1.78 bits per heavy atom. The summed E-state index contributed by atoms with van der Waals surface area (Å²) >= 11 is 7.45. The van der Waals surface area contributed by atoms with Crippen molar-refractivity contribution in [3.05, 3.63) is 89.6 Å². The largest absolute Gasteiger partial charge is 0.361 e. The first-order valence-electron chi connectivity index (χ1n) is 10.2.